The Balaban J connectivity index is 2.72. The van der Waals surface area contributed by atoms with Crippen molar-refractivity contribution in [3.8, 4) is 6.07 Å². The van der Waals surface area contributed by atoms with Gasteiger partial charge in [0.2, 0.25) is 0 Å². The van der Waals surface area contributed by atoms with Crippen LogP contribution in [0.3, 0.4) is 0 Å². The minimum atomic E-state index is -0.516. The van der Waals surface area contributed by atoms with Crippen molar-refractivity contribution in [2.75, 3.05) is 13.7 Å². The van der Waals surface area contributed by atoms with Gasteiger partial charge in [-0.05, 0) is 11.6 Å². The maximum absolute atomic E-state index is 11.3. The Bertz CT molecular complexity index is 496. The lowest BCUT2D eigenvalue weighted by Gasteiger charge is -2.18. The maximum atomic E-state index is 11.3. The molecular formula is C12H13N3O3S. The Morgan fingerprint density at radius 2 is 2.26 bits per heavy atom. The van der Waals surface area contributed by atoms with Gasteiger partial charge in [0.25, 0.3) is 5.24 Å². The molecule has 0 N–H and O–H groups in total. The van der Waals surface area contributed by atoms with Crippen molar-refractivity contribution in [2.24, 2.45) is 0 Å². The lowest BCUT2D eigenvalue weighted by Crippen LogP contribution is -2.26. The summed E-state index contributed by atoms with van der Waals surface area (Å²) < 4.78 is 4.53. The zero-order valence-corrected chi connectivity index (χ0v) is 11.3. The van der Waals surface area contributed by atoms with Crippen LogP contribution in [0, 0.1) is 11.3 Å². The first-order valence-corrected chi connectivity index (χ1v) is 5.91. The van der Waals surface area contributed by atoms with E-state index in [9.17, 15) is 9.59 Å². The summed E-state index contributed by atoms with van der Waals surface area (Å²) in [5, 5.41) is 8.10. The number of amides is 1. The van der Waals surface area contributed by atoms with Crippen LogP contribution in [0.25, 0.3) is 0 Å². The summed E-state index contributed by atoms with van der Waals surface area (Å²) in [5.74, 6) is -0.516. The van der Waals surface area contributed by atoms with Crippen LogP contribution < -0.4 is 0 Å². The second kappa shape index (κ2) is 7.38. The largest absolute Gasteiger partial charge is 0.464 e. The fraction of sp³-hybridized carbons (Fsp3) is 0.333. The molecule has 0 bridgehead atoms. The average Bonchev–Trinajstić information content (AvgIpc) is 2.43. The quantitative estimate of drug-likeness (QED) is 0.654. The number of methoxy groups -OCH3 is 1. The molecule has 1 aromatic heterocycles. The van der Waals surface area contributed by atoms with E-state index in [0.29, 0.717) is 13.1 Å². The van der Waals surface area contributed by atoms with E-state index in [2.05, 4.69) is 22.3 Å². The van der Waals surface area contributed by atoms with Crippen LogP contribution in [0.1, 0.15) is 22.5 Å². The lowest BCUT2D eigenvalue weighted by molar-refractivity contribution is 0.0594. The van der Waals surface area contributed by atoms with Crippen molar-refractivity contribution in [3.63, 3.8) is 0 Å². The first-order chi connectivity index (χ1) is 9.08. The molecule has 1 amide bonds. The SMILES string of the molecule is COC(=O)c1ccc(CN(CCC#N)C(=O)S)cn1. The highest BCUT2D eigenvalue weighted by Crippen LogP contribution is 2.08. The number of hydrogen-bond donors (Lipinski definition) is 1. The summed E-state index contributed by atoms with van der Waals surface area (Å²) in [6.45, 7) is 0.593. The molecule has 0 fully saturated rings. The van der Waals surface area contributed by atoms with E-state index < -0.39 is 11.2 Å². The molecule has 100 valence electrons. The number of hydrogen-bond acceptors (Lipinski definition) is 5. The molecule has 1 aromatic rings. The predicted octanol–water partition coefficient (Wildman–Crippen LogP) is 1.63. The minimum Gasteiger partial charge on any atom is -0.464 e. The number of carbonyl (C=O) groups excluding carboxylic acids is 2. The summed E-state index contributed by atoms with van der Waals surface area (Å²) in [5.41, 5.74) is 0.944. The van der Waals surface area contributed by atoms with Gasteiger partial charge >= 0.3 is 5.97 Å². The molecule has 7 heteroatoms. The molecule has 0 aliphatic heterocycles. The van der Waals surface area contributed by atoms with Gasteiger partial charge in [-0.2, -0.15) is 5.26 Å². The Morgan fingerprint density at radius 3 is 2.74 bits per heavy atom. The normalized spacial score (nSPS) is 9.53. The van der Waals surface area contributed by atoms with Crippen LogP contribution >= 0.6 is 12.6 Å². The number of rotatable bonds is 5. The number of esters is 1. The average molecular weight is 279 g/mol. The monoisotopic (exact) mass is 279 g/mol. The number of nitriles is 1. The summed E-state index contributed by atoms with van der Waals surface area (Å²) >= 11 is 3.75. The minimum absolute atomic E-state index is 0.201. The van der Waals surface area contributed by atoms with Crippen LogP contribution in [0.5, 0.6) is 0 Å². The van der Waals surface area contributed by atoms with E-state index in [1.54, 1.807) is 6.07 Å². The van der Waals surface area contributed by atoms with Gasteiger partial charge < -0.3 is 9.64 Å². The molecule has 0 spiro atoms. The van der Waals surface area contributed by atoms with Crippen LogP contribution in [0.2, 0.25) is 0 Å². The lowest BCUT2D eigenvalue weighted by atomic mass is 10.2. The van der Waals surface area contributed by atoms with Crippen molar-refractivity contribution in [2.45, 2.75) is 13.0 Å². The Morgan fingerprint density at radius 1 is 1.53 bits per heavy atom. The van der Waals surface area contributed by atoms with Gasteiger partial charge in [0, 0.05) is 19.3 Å². The molecule has 1 rings (SSSR count). The van der Waals surface area contributed by atoms with Gasteiger partial charge in [-0.15, -0.1) is 0 Å². The van der Waals surface area contributed by atoms with Crippen LogP contribution in [0.15, 0.2) is 18.3 Å². The van der Waals surface area contributed by atoms with Crippen LogP contribution in [-0.2, 0) is 11.3 Å². The molecule has 0 radical (unpaired) electrons. The molecule has 0 aromatic carbocycles. The molecule has 0 unspecified atom stereocenters. The molecule has 0 aliphatic carbocycles. The van der Waals surface area contributed by atoms with Gasteiger partial charge in [-0.3, -0.25) is 4.79 Å². The number of carbonyl (C=O) groups is 2. The van der Waals surface area contributed by atoms with Gasteiger partial charge in [-0.1, -0.05) is 18.7 Å². The standard InChI is InChI=1S/C12H13N3O3S/c1-18-11(16)10-4-3-9(7-14-10)8-15(12(17)19)6-2-5-13/h3-4,7H,2,6,8H2,1H3,(H,17,19). The van der Waals surface area contributed by atoms with Gasteiger partial charge in [0.05, 0.1) is 19.6 Å². The van der Waals surface area contributed by atoms with Crippen molar-refractivity contribution >= 4 is 23.8 Å². The van der Waals surface area contributed by atoms with Crippen molar-refractivity contribution in [3.05, 3.63) is 29.6 Å². The highest BCUT2D eigenvalue weighted by molar-refractivity contribution is 7.96. The molecule has 0 aliphatic rings. The Kier molecular flexibility index (Phi) is 5.82. The van der Waals surface area contributed by atoms with Gasteiger partial charge in [0.1, 0.15) is 5.69 Å². The molecular weight excluding hydrogens is 266 g/mol. The van der Waals surface area contributed by atoms with E-state index in [-0.39, 0.29) is 12.1 Å². The van der Waals surface area contributed by atoms with Crippen LogP contribution in [0.4, 0.5) is 4.79 Å². The summed E-state index contributed by atoms with van der Waals surface area (Å²) in [4.78, 5) is 27.8. The molecule has 0 saturated carbocycles. The summed E-state index contributed by atoms with van der Waals surface area (Å²) in [6.07, 6.45) is 1.72. The number of ether oxygens (including phenoxy) is 1. The van der Waals surface area contributed by atoms with E-state index >= 15 is 0 Å². The third-order valence-electron chi connectivity index (χ3n) is 2.36. The number of thiol groups is 1. The molecule has 1 heterocycles. The fourth-order valence-corrected chi connectivity index (χ4v) is 1.56. The molecule has 6 nitrogen and oxygen atoms in total. The zero-order valence-electron chi connectivity index (χ0n) is 10.4. The Labute approximate surface area is 116 Å². The van der Waals surface area contributed by atoms with E-state index in [1.807, 2.05) is 6.07 Å². The number of pyridine rings is 1. The van der Waals surface area contributed by atoms with E-state index in [1.165, 1.54) is 24.3 Å². The van der Waals surface area contributed by atoms with E-state index in [0.717, 1.165) is 5.56 Å². The summed E-state index contributed by atoms with van der Waals surface area (Å²) in [7, 11) is 1.28. The van der Waals surface area contributed by atoms with Crippen LogP contribution in [-0.4, -0.2) is 34.7 Å². The van der Waals surface area contributed by atoms with Crippen molar-refractivity contribution in [1.29, 1.82) is 5.26 Å². The second-order valence-corrected chi connectivity index (χ2v) is 4.04. The molecule has 0 saturated heterocycles. The fourth-order valence-electron chi connectivity index (χ4n) is 1.39. The topological polar surface area (TPSA) is 83.3 Å². The first kappa shape index (κ1) is 15.0. The smallest absolute Gasteiger partial charge is 0.356 e. The Hall–Kier alpha value is -2.07. The third-order valence-corrected chi connectivity index (χ3v) is 2.64. The van der Waals surface area contributed by atoms with Crippen molar-refractivity contribution < 1.29 is 14.3 Å². The van der Waals surface area contributed by atoms with E-state index in [4.69, 9.17) is 5.26 Å². The van der Waals surface area contributed by atoms with Crippen molar-refractivity contribution in [1.82, 2.24) is 9.88 Å². The molecule has 19 heavy (non-hydrogen) atoms. The second-order valence-electron chi connectivity index (χ2n) is 3.66. The first-order valence-electron chi connectivity index (χ1n) is 5.46. The number of aromatic nitrogens is 1. The molecule has 0 atom stereocenters. The third kappa shape index (κ3) is 4.60. The van der Waals surface area contributed by atoms with Gasteiger partial charge in [-0.25, -0.2) is 9.78 Å². The zero-order chi connectivity index (χ0) is 14.3. The van der Waals surface area contributed by atoms with Gasteiger partial charge in [0.15, 0.2) is 0 Å². The predicted molar refractivity (Wildman–Crippen MR) is 70.6 cm³/mol. The highest BCUT2D eigenvalue weighted by Gasteiger charge is 2.11. The summed E-state index contributed by atoms with van der Waals surface area (Å²) in [6, 6.07) is 5.16. The number of nitrogens with zero attached hydrogens (tertiary/aromatic N) is 3. The maximum Gasteiger partial charge on any atom is 0.356 e. The highest BCUT2D eigenvalue weighted by atomic mass is 32.1.